The van der Waals surface area contributed by atoms with E-state index < -0.39 is 11.9 Å². The zero-order chi connectivity index (χ0) is 19.2. The van der Waals surface area contributed by atoms with Gasteiger partial charge in [0.15, 0.2) is 6.61 Å². The Hall–Kier alpha value is -2.53. The normalized spacial score (nSPS) is 14.6. The molecule has 5 nitrogen and oxygen atoms in total. The first kappa shape index (κ1) is 19.2. The molecule has 0 spiro atoms. The van der Waals surface area contributed by atoms with Crippen molar-refractivity contribution in [1.29, 1.82) is 0 Å². The van der Waals surface area contributed by atoms with Crippen molar-refractivity contribution in [2.24, 2.45) is 0 Å². The third-order valence-corrected chi connectivity index (χ3v) is 5.05. The zero-order valence-electron chi connectivity index (χ0n) is 14.9. The van der Waals surface area contributed by atoms with E-state index in [9.17, 15) is 14.7 Å². The fraction of sp³-hybridized carbons (Fsp3) is 0.333. The molecule has 3 rings (SSSR count). The molecular formula is C21H22ClNO4. The molecule has 2 N–H and O–H groups in total. The summed E-state index contributed by atoms with van der Waals surface area (Å²) in [5.41, 5.74) is 1.44. The van der Waals surface area contributed by atoms with E-state index in [1.807, 2.05) is 12.1 Å². The highest BCUT2D eigenvalue weighted by atomic mass is 35.5. The van der Waals surface area contributed by atoms with Crippen molar-refractivity contribution < 1.29 is 19.4 Å². The average Bonchev–Trinajstić information content (AvgIpc) is 2.67. The van der Waals surface area contributed by atoms with Crippen molar-refractivity contribution in [2.75, 3.05) is 11.9 Å². The molecule has 1 amide bonds. The van der Waals surface area contributed by atoms with Gasteiger partial charge in [-0.15, -0.1) is 0 Å². The Bertz CT molecular complexity index is 813. The number of halogens is 1. The minimum Gasteiger partial charge on any atom is -0.484 e. The highest BCUT2D eigenvalue weighted by molar-refractivity contribution is 6.31. The van der Waals surface area contributed by atoms with E-state index in [-0.39, 0.29) is 17.9 Å². The number of carboxylic acid groups (broad SMARTS) is 1. The molecule has 0 atom stereocenters. The maximum atomic E-state index is 12.1. The SMILES string of the molecule is O=C(COc1ccc(C2CCCCC2)cc1)Nc1cc(Cl)ccc1C(=O)O. The Labute approximate surface area is 163 Å². The molecule has 142 valence electrons. The Morgan fingerprint density at radius 2 is 1.78 bits per heavy atom. The van der Waals surface area contributed by atoms with Crippen LogP contribution in [0.2, 0.25) is 5.02 Å². The van der Waals surface area contributed by atoms with Gasteiger partial charge in [-0.3, -0.25) is 4.79 Å². The lowest BCUT2D eigenvalue weighted by Crippen LogP contribution is -2.21. The smallest absolute Gasteiger partial charge is 0.337 e. The Kier molecular flexibility index (Phi) is 6.35. The van der Waals surface area contributed by atoms with Crippen LogP contribution >= 0.6 is 11.6 Å². The molecule has 0 aliphatic heterocycles. The highest BCUT2D eigenvalue weighted by Gasteiger charge is 2.16. The molecule has 0 heterocycles. The number of carbonyl (C=O) groups is 2. The number of nitrogens with one attached hydrogen (secondary N) is 1. The van der Waals surface area contributed by atoms with Crippen LogP contribution in [-0.2, 0) is 4.79 Å². The Morgan fingerprint density at radius 1 is 1.07 bits per heavy atom. The molecule has 0 saturated heterocycles. The number of hydrogen-bond donors (Lipinski definition) is 2. The van der Waals surface area contributed by atoms with E-state index in [0.29, 0.717) is 16.7 Å². The number of carbonyl (C=O) groups excluding carboxylic acids is 1. The van der Waals surface area contributed by atoms with Crippen molar-refractivity contribution in [3.8, 4) is 5.75 Å². The van der Waals surface area contributed by atoms with Gasteiger partial charge in [0, 0.05) is 5.02 Å². The standard InChI is InChI=1S/C21H22ClNO4/c22-16-8-11-18(21(25)26)19(12-16)23-20(24)13-27-17-9-6-15(7-10-17)14-4-2-1-3-5-14/h6-12,14H,1-5,13H2,(H,23,24)(H,25,26). The summed E-state index contributed by atoms with van der Waals surface area (Å²) in [6.45, 7) is -0.214. The van der Waals surface area contributed by atoms with Crippen LogP contribution in [0.25, 0.3) is 0 Å². The molecule has 2 aromatic rings. The maximum Gasteiger partial charge on any atom is 0.337 e. The highest BCUT2D eigenvalue weighted by Crippen LogP contribution is 2.33. The summed E-state index contributed by atoms with van der Waals surface area (Å²) in [6, 6.07) is 12.1. The van der Waals surface area contributed by atoms with Crippen LogP contribution in [0.4, 0.5) is 5.69 Å². The first-order chi connectivity index (χ1) is 13.0. The van der Waals surface area contributed by atoms with Crippen molar-refractivity contribution in [3.63, 3.8) is 0 Å². The van der Waals surface area contributed by atoms with Crippen molar-refractivity contribution in [2.45, 2.75) is 38.0 Å². The third-order valence-electron chi connectivity index (χ3n) is 4.81. The van der Waals surface area contributed by atoms with Crippen LogP contribution in [0.15, 0.2) is 42.5 Å². The third kappa shape index (κ3) is 5.23. The minimum atomic E-state index is -1.14. The molecule has 0 bridgehead atoms. The lowest BCUT2D eigenvalue weighted by Gasteiger charge is -2.22. The second-order valence-corrected chi connectivity index (χ2v) is 7.17. The first-order valence-corrected chi connectivity index (χ1v) is 9.46. The van der Waals surface area contributed by atoms with Crippen molar-refractivity contribution in [3.05, 3.63) is 58.6 Å². The fourth-order valence-electron chi connectivity index (χ4n) is 3.41. The van der Waals surface area contributed by atoms with Crippen molar-refractivity contribution >= 4 is 29.2 Å². The second kappa shape index (κ2) is 8.91. The largest absolute Gasteiger partial charge is 0.484 e. The molecule has 1 aliphatic rings. The second-order valence-electron chi connectivity index (χ2n) is 6.74. The molecule has 0 unspecified atom stereocenters. The van der Waals surface area contributed by atoms with Crippen LogP contribution in [0, 0.1) is 0 Å². The fourth-order valence-corrected chi connectivity index (χ4v) is 3.59. The summed E-state index contributed by atoms with van der Waals surface area (Å²) in [7, 11) is 0. The molecule has 1 saturated carbocycles. The molecule has 1 fully saturated rings. The molecule has 6 heteroatoms. The van der Waals surface area contributed by atoms with Gasteiger partial charge >= 0.3 is 5.97 Å². The monoisotopic (exact) mass is 387 g/mol. The Balaban J connectivity index is 1.56. The van der Waals surface area contributed by atoms with Gasteiger partial charge in [-0.1, -0.05) is 43.0 Å². The molecule has 0 aromatic heterocycles. The van der Waals surface area contributed by atoms with Gasteiger partial charge in [0.1, 0.15) is 5.75 Å². The van der Waals surface area contributed by atoms with Gasteiger partial charge in [0.25, 0.3) is 5.91 Å². The topological polar surface area (TPSA) is 75.6 Å². The van der Waals surface area contributed by atoms with Gasteiger partial charge < -0.3 is 15.2 Å². The number of carboxylic acids is 1. The van der Waals surface area contributed by atoms with Crippen LogP contribution < -0.4 is 10.1 Å². The van der Waals surface area contributed by atoms with Crippen LogP contribution in [-0.4, -0.2) is 23.6 Å². The molecule has 1 aliphatic carbocycles. The summed E-state index contributed by atoms with van der Waals surface area (Å²) in [5.74, 6) is -0.361. The summed E-state index contributed by atoms with van der Waals surface area (Å²) in [6.07, 6.45) is 6.35. The summed E-state index contributed by atoms with van der Waals surface area (Å²) >= 11 is 5.88. The number of ether oxygens (including phenoxy) is 1. The van der Waals surface area contributed by atoms with E-state index in [4.69, 9.17) is 16.3 Å². The van der Waals surface area contributed by atoms with Gasteiger partial charge in [0.2, 0.25) is 0 Å². The minimum absolute atomic E-state index is 0.0235. The predicted octanol–water partition coefficient (Wildman–Crippen LogP) is 5.10. The quantitative estimate of drug-likeness (QED) is 0.722. The van der Waals surface area contributed by atoms with Gasteiger partial charge in [-0.2, -0.15) is 0 Å². The molecule has 2 aromatic carbocycles. The van der Waals surface area contributed by atoms with E-state index in [1.54, 1.807) is 0 Å². The predicted molar refractivity (Wildman–Crippen MR) is 105 cm³/mol. The lowest BCUT2D eigenvalue weighted by atomic mass is 9.84. The number of amides is 1. The Morgan fingerprint density at radius 3 is 2.44 bits per heavy atom. The van der Waals surface area contributed by atoms with Gasteiger partial charge in [-0.05, 0) is 54.7 Å². The molecular weight excluding hydrogens is 366 g/mol. The van der Waals surface area contributed by atoms with E-state index >= 15 is 0 Å². The van der Waals surface area contributed by atoms with E-state index in [2.05, 4.69) is 17.4 Å². The number of anilines is 1. The van der Waals surface area contributed by atoms with Crippen molar-refractivity contribution in [1.82, 2.24) is 0 Å². The summed E-state index contributed by atoms with van der Waals surface area (Å²) in [4.78, 5) is 23.3. The van der Waals surface area contributed by atoms with Gasteiger partial charge in [0.05, 0.1) is 11.3 Å². The number of rotatable bonds is 6. The van der Waals surface area contributed by atoms with Crippen LogP contribution in [0.1, 0.15) is 53.9 Å². The zero-order valence-corrected chi connectivity index (χ0v) is 15.7. The summed E-state index contributed by atoms with van der Waals surface area (Å²) < 4.78 is 5.52. The molecule has 27 heavy (non-hydrogen) atoms. The van der Waals surface area contributed by atoms with Crippen LogP contribution in [0.3, 0.4) is 0 Å². The first-order valence-electron chi connectivity index (χ1n) is 9.08. The van der Waals surface area contributed by atoms with E-state index in [1.165, 1.54) is 55.9 Å². The maximum absolute atomic E-state index is 12.1. The average molecular weight is 388 g/mol. The number of hydrogen-bond acceptors (Lipinski definition) is 3. The number of aromatic carboxylic acids is 1. The van der Waals surface area contributed by atoms with Crippen LogP contribution in [0.5, 0.6) is 5.75 Å². The van der Waals surface area contributed by atoms with E-state index in [0.717, 1.165) is 0 Å². The summed E-state index contributed by atoms with van der Waals surface area (Å²) in [5, 5.41) is 12.1. The number of benzene rings is 2. The lowest BCUT2D eigenvalue weighted by molar-refractivity contribution is -0.118. The molecule has 0 radical (unpaired) electrons. The van der Waals surface area contributed by atoms with Gasteiger partial charge in [-0.25, -0.2) is 4.79 Å².